The molecular formula is C21H25N5O2S. The molecule has 0 radical (unpaired) electrons. The maximum Gasteiger partial charge on any atom is 0.236 e. The Morgan fingerprint density at radius 1 is 0.897 bits per heavy atom. The Morgan fingerprint density at radius 2 is 1.55 bits per heavy atom. The summed E-state index contributed by atoms with van der Waals surface area (Å²) in [5.74, 6) is 1.16. The van der Waals surface area contributed by atoms with E-state index in [0.29, 0.717) is 17.5 Å². The quantitative estimate of drug-likeness (QED) is 0.514. The van der Waals surface area contributed by atoms with Gasteiger partial charge in [0.05, 0.1) is 5.75 Å². The topological polar surface area (TPSA) is 96.0 Å². The molecule has 3 N–H and O–H groups in total. The zero-order valence-corrected chi connectivity index (χ0v) is 17.5. The van der Waals surface area contributed by atoms with Crippen LogP contribution in [0.15, 0.2) is 54.6 Å². The third-order valence-corrected chi connectivity index (χ3v) is 5.36. The summed E-state index contributed by atoms with van der Waals surface area (Å²) in [5.41, 5.74) is 4.00. The van der Waals surface area contributed by atoms with Gasteiger partial charge in [-0.15, -0.1) is 0 Å². The molecule has 0 amide bonds. The van der Waals surface area contributed by atoms with E-state index in [1.165, 1.54) is 0 Å². The molecular weight excluding hydrogens is 386 g/mol. The number of hydrogen-bond acceptors (Lipinski definition) is 6. The van der Waals surface area contributed by atoms with Gasteiger partial charge >= 0.3 is 0 Å². The molecule has 0 saturated heterocycles. The average molecular weight is 412 g/mol. The molecule has 0 aliphatic carbocycles. The predicted octanol–water partition coefficient (Wildman–Crippen LogP) is 4.21. The van der Waals surface area contributed by atoms with Gasteiger partial charge in [-0.25, -0.2) is 13.4 Å². The second-order valence-corrected chi connectivity index (χ2v) is 8.52. The van der Waals surface area contributed by atoms with Crippen molar-refractivity contribution in [3.8, 4) is 0 Å². The fourth-order valence-corrected chi connectivity index (χ4v) is 3.96. The minimum absolute atomic E-state index is 0.0688. The van der Waals surface area contributed by atoms with E-state index < -0.39 is 10.0 Å². The first-order valence-electron chi connectivity index (χ1n) is 9.35. The standard InChI is InChI=1S/C21H25N5O2S/c1-4-22-21-23-16(3)13-20(25-21)24-18-9-11-19(12-10-18)26-29(27,28)14-17-7-5-15(2)6-8-17/h5-13,26H,4,14H2,1-3H3,(H2,22,23,24,25). The lowest BCUT2D eigenvalue weighted by atomic mass is 10.2. The SMILES string of the molecule is CCNc1nc(C)cc(Nc2ccc(NS(=O)(=O)Cc3ccc(C)cc3)cc2)n1. The monoisotopic (exact) mass is 411 g/mol. The molecule has 1 aromatic heterocycles. The maximum atomic E-state index is 12.4. The number of hydrogen-bond donors (Lipinski definition) is 3. The molecule has 2 aromatic carbocycles. The van der Waals surface area contributed by atoms with Gasteiger partial charge in [-0.3, -0.25) is 4.72 Å². The van der Waals surface area contributed by atoms with Crippen molar-refractivity contribution in [1.29, 1.82) is 0 Å². The van der Waals surface area contributed by atoms with Crippen LogP contribution in [0.3, 0.4) is 0 Å². The molecule has 0 aliphatic heterocycles. The fraction of sp³-hybridized carbons (Fsp3) is 0.238. The van der Waals surface area contributed by atoms with Gasteiger partial charge in [-0.2, -0.15) is 4.98 Å². The van der Waals surface area contributed by atoms with Crippen LogP contribution in [0.5, 0.6) is 0 Å². The molecule has 7 nitrogen and oxygen atoms in total. The zero-order chi connectivity index (χ0) is 20.9. The molecule has 0 fully saturated rings. The average Bonchev–Trinajstić information content (AvgIpc) is 2.65. The number of nitrogens with zero attached hydrogens (tertiary/aromatic N) is 2. The van der Waals surface area contributed by atoms with Crippen molar-refractivity contribution in [2.75, 3.05) is 21.9 Å². The number of nitrogens with one attached hydrogen (secondary N) is 3. The highest BCUT2D eigenvalue weighted by Crippen LogP contribution is 2.20. The van der Waals surface area contributed by atoms with Crippen molar-refractivity contribution in [3.05, 3.63) is 71.4 Å². The minimum atomic E-state index is -3.49. The lowest BCUT2D eigenvalue weighted by Gasteiger charge is -2.11. The number of sulfonamides is 1. The van der Waals surface area contributed by atoms with E-state index in [2.05, 4.69) is 25.3 Å². The van der Waals surface area contributed by atoms with Crippen molar-refractivity contribution >= 4 is 33.2 Å². The summed E-state index contributed by atoms with van der Waals surface area (Å²) >= 11 is 0. The van der Waals surface area contributed by atoms with Crippen LogP contribution in [-0.4, -0.2) is 24.9 Å². The highest BCUT2D eigenvalue weighted by Gasteiger charge is 2.12. The highest BCUT2D eigenvalue weighted by molar-refractivity contribution is 7.91. The normalized spacial score (nSPS) is 11.1. The smallest absolute Gasteiger partial charge is 0.236 e. The number of rotatable bonds is 8. The van der Waals surface area contributed by atoms with Crippen molar-refractivity contribution in [2.45, 2.75) is 26.5 Å². The van der Waals surface area contributed by atoms with Crippen LogP contribution in [0.2, 0.25) is 0 Å². The van der Waals surface area contributed by atoms with E-state index in [0.717, 1.165) is 29.1 Å². The van der Waals surface area contributed by atoms with Crippen molar-refractivity contribution in [2.24, 2.45) is 0 Å². The Bertz CT molecular complexity index is 1070. The fourth-order valence-electron chi connectivity index (χ4n) is 2.76. The number of aromatic nitrogens is 2. The molecule has 0 aliphatic rings. The molecule has 8 heteroatoms. The first-order valence-corrected chi connectivity index (χ1v) is 11.0. The minimum Gasteiger partial charge on any atom is -0.354 e. The third-order valence-electron chi connectivity index (χ3n) is 4.10. The van der Waals surface area contributed by atoms with Gasteiger partial charge in [-0.1, -0.05) is 29.8 Å². The second kappa shape index (κ2) is 8.91. The van der Waals surface area contributed by atoms with E-state index in [-0.39, 0.29) is 5.75 Å². The van der Waals surface area contributed by atoms with E-state index in [1.54, 1.807) is 24.3 Å². The van der Waals surface area contributed by atoms with Crippen LogP contribution >= 0.6 is 0 Å². The van der Waals surface area contributed by atoms with Gasteiger partial charge in [0.25, 0.3) is 0 Å². The van der Waals surface area contributed by atoms with E-state index in [9.17, 15) is 8.42 Å². The Kier molecular flexibility index (Phi) is 6.33. The van der Waals surface area contributed by atoms with Gasteiger partial charge in [0.2, 0.25) is 16.0 Å². The largest absolute Gasteiger partial charge is 0.354 e. The highest BCUT2D eigenvalue weighted by atomic mass is 32.2. The summed E-state index contributed by atoms with van der Waals surface area (Å²) in [7, 11) is -3.49. The first kappa shape index (κ1) is 20.6. The summed E-state index contributed by atoms with van der Waals surface area (Å²) in [4.78, 5) is 8.73. The van der Waals surface area contributed by atoms with Crippen LogP contribution in [-0.2, 0) is 15.8 Å². The molecule has 29 heavy (non-hydrogen) atoms. The molecule has 0 bridgehead atoms. The Morgan fingerprint density at radius 3 is 2.21 bits per heavy atom. The summed E-state index contributed by atoms with van der Waals surface area (Å²) in [6, 6.07) is 16.3. The zero-order valence-electron chi connectivity index (χ0n) is 16.7. The van der Waals surface area contributed by atoms with Crippen molar-refractivity contribution < 1.29 is 8.42 Å². The first-order chi connectivity index (χ1) is 13.8. The van der Waals surface area contributed by atoms with Crippen molar-refractivity contribution in [3.63, 3.8) is 0 Å². The van der Waals surface area contributed by atoms with Gasteiger partial charge < -0.3 is 10.6 Å². The van der Waals surface area contributed by atoms with E-state index >= 15 is 0 Å². The lowest BCUT2D eigenvalue weighted by Crippen LogP contribution is -2.15. The predicted molar refractivity (Wildman–Crippen MR) is 118 cm³/mol. The molecule has 0 spiro atoms. The summed E-state index contributed by atoms with van der Waals surface area (Å²) in [6.45, 7) is 6.59. The maximum absolute atomic E-state index is 12.4. The number of anilines is 4. The van der Waals surface area contributed by atoms with Crippen LogP contribution in [0.1, 0.15) is 23.7 Å². The Hall–Kier alpha value is -3.13. The van der Waals surface area contributed by atoms with E-state index in [4.69, 9.17) is 0 Å². The molecule has 0 unspecified atom stereocenters. The lowest BCUT2D eigenvalue weighted by molar-refractivity contribution is 0.600. The third kappa shape index (κ3) is 6.18. The van der Waals surface area contributed by atoms with Crippen LogP contribution in [0.25, 0.3) is 0 Å². The molecule has 152 valence electrons. The number of aryl methyl sites for hydroxylation is 2. The van der Waals surface area contributed by atoms with Crippen molar-refractivity contribution in [1.82, 2.24) is 9.97 Å². The van der Waals surface area contributed by atoms with Crippen LogP contribution in [0, 0.1) is 13.8 Å². The Labute approximate surface area is 171 Å². The Balaban J connectivity index is 1.66. The molecule has 0 atom stereocenters. The number of benzene rings is 2. The molecule has 1 heterocycles. The van der Waals surface area contributed by atoms with E-state index in [1.807, 2.05) is 51.1 Å². The van der Waals surface area contributed by atoms with Crippen LogP contribution < -0.4 is 15.4 Å². The second-order valence-electron chi connectivity index (χ2n) is 6.80. The van der Waals surface area contributed by atoms with Gasteiger partial charge in [0.15, 0.2) is 0 Å². The van der Waals surface area contributed by atoms with Gasteiger partial charge in [0.1, 0.15) is 5.82 Å². The summed E-state index contributed by atoms with van der Waals surface area (Å²) < 4.78 is 27.4. The molecule has 3 rings (SSSR count). The molecule has 0 saturated carbocycles. The van der Waals surface area contributed by atoms with Gasteiger partial charge in [-0.05, 0) is 50.6 Å². The van der Waals surface area contributed by atoms with Gasteiger partial charge in [0, 0.05) is 29.7 Å². The summed E-state index contributed by atoms with van der Waals surface area (Å²) in [6.07, 6.45) is 0. The molecule has 3 aromatic rings. The summed E-state index contributed by atoms with van der Waals surface area (Å²) in [5, 5.41) is 6.30. The van der Waals surface area contributed by atoms with Crippen LogP contribution in [0.4, 0.5) is 23.1 Å².